The van der Waals surface area contributed by atoms with Gasteiger partial charge in [-0.05, 0) is 30.3 Å². The van der Waals surface area contributed by atoms with Crippen LogP contribution in [0.1, 0.15) is 5.76 Å². The van der Waals surface area contributed by atoms with E-state index in [9.17, 15) is 9.18 Å². The van der Waals surface area contributed by atoms with E-state index in [1.807, 2.05) is 16.7 Å². The van der Waals surface area contributed by atoms with E-state index in [2.05, 4.69) is 5.32 Å². The van der Waals surface area contributed by atoms with Crippen LogP contribution in [0.15, 0.2) is 41.0 Å². The summed E-state index contributed by atoms with van der Waals surface area (Å²) in [5, 5.41) is 3.03. The molecule has 2 fully saturated rings. The van der Waals surface area contributed by atoms with Crippen LogP contribution in [0.2, 0.25) is 0 Å². The van der Waals surface area contributed by atoms with Crippen LogP contribution in [0, 0.1) is 5.82 Å². The van der Waals surface area contributed by atoms with Crippen molar-refractivity contribution in [3.63, 3.8) is 0 Å². The maximum atomic E-state index is 14.7. The van der Waals surface area contributed by atoms with Gasteiger partial charge in [0.1, 0.15) is 16.9 Å². The average Bonchev–Trinajstić information content (AvgIpc) is 3.37. The van der Waals surface area contributed by atoms with Gasteiger partial charge in [-0.3, -0.25) is 4.90 Å². The monoisotopic (exact) mass is 421 g/mol. The summed E-state index contributed by atoms with van der Waals surface area (Å²) in [7, 11) is 0. The van der Waals surface area contributed by atoms with Crippen molar-refractivity contribution < 1.29 is 18.3 Å². The fraction of sp³-hybridized carbons (Fsp3) is 0.368. The lowest BCUT2D eigenvalue weighted by molar-refractivity contribution is 0.143. The van der Waals surface area contributed by atoms with Gasteiger partial charge in [-0.1, -0.05) is 12.2 Å². The van der Waals surface area contributed by atoms with E-state index in [1.165, 1.54) is 11.0 Å². The summed E-state index contributed by atoms with van der Waals surface area (Å²) in [4.78, 5) is 16.2. The van der Waals surface area contributed by atoms with Gasteiger partial charge in [-0.15, -0.1) is 0 Å². The highest BCUT2D eigenvalue weighted by molar-refractivity contribution is 7.99. The number of rotatable bonds is 5. The molecule has 1 N–H and O–H groups in total. The van der Waals surface area contributed by atoms with E-state index in [0.29, 0.717) is 35.2 Å². The molecule has 2 aliphatic heterocycles. The molecule has 148 valence electrons. The number of amides is 1. The molecule has 1 amide bonds. The molecule has 1 aromatic heterocycles. The number of carbonyl (C=O) groups excluding carboxylic acids is 1. The molecule has 0 saturated carbocycles. The number of hydrogen-bond acceptors (Lipinski definition) is 6. The smallest absolute Gasteiger partial charge is 0.414 e. The average molecular weight is 422 g/mol. The van der Waals surface area contributed by atoms with E-state index >= 15 is 0 Å². The molecule has 9 heteroatoms. The van der Waals surface area contributed by atoms with Crippen LogP contribution in [0.25, 0.3) is 0 Å². The lowest BCUT2D eigenvalue weighted by Gasteiger charge is -2.29. The Morgan fingerprint density at radius 1 is 1.32 bits per heavy atom. The highest BCUT2D eigenvalue weighted by Gasteiger charge is 2.33. The number of thioether (sulfide) groups is 1. The number of hydrogen-bond donors (Lipinski definition) is 1. The van der Waals surface area contributed by atoms with Gasteiger partial charge in [-0.25, -0.2) is 9.18 Å². The molecule has 1 aromatic carbocycles. The van der Waals surface area contributed by atoms with Gasteiger partial charge in [-0.2, -0.15) is 11.8 Å². The number of benzene rings is 1. The van der Waals surface area contributed by atoms with Gasteiger partial charge in [0, 0.05) is 24.6 Å². The Labute approximate surface area is 172 Å². The van der Waals surface area contributed by atoms with Crippen molar-refractivity contribution in [3.05, 3.63) is 48.2 Å². The Morgan fingerprint density at radius 3 is 2.86 bits per heavy atom. The Morgan fingerprint density at radius 2 is 2.14 bits per heavy atom. The zero-order valence-corrected chi connectivity index (χ0v) is 16.7. The number of nitrogens with one attached hydrogen (secondary N) is 1. The van der Waals surface area contributed by atoms with Crippen molar-refractivity contribution >= 4 is 46.4 Å². The summed E-state index contributed by atoms with van der Waals surface area (Å²) in [6.45, 7) is 2.34. The van der Waals surface area contributed by atoms with E-state index < -0.39 is 6.09 Å². The molecule has 2 aliphatic rings. The molecule has 1 unspecified atom stereocenters. The number of furan rings is 1. The molecule has 0 aliphatic carbocycles. The van der Waals surface area contributed by atoms with Crippen molar-refractivity contribution in [1.29, 1.82) is 0 Å². The van der Waals surface area contributed by atoms with Gasteiger partial charge in [0.25, 0.3) is 0 Å². The molecular formula is C19H20FN3O3S2. The Hall–Kier alpha value is -2.26. The van der Waals surface area contributed by atoms with Crippen molar-refractivity contribution in [1.82, 2.24) is 5.32 Å². The zero-order valence-electron chi connectivity index (χ0n) is 15.1. The molecular weight excluding hydrogens is 401 g/mol. The number of halogens is 1. The molecule has 0 radical (unpaired) electrons. The predicted octanol–water partition coefficient (Wildman–Crippen LogP) is 3.26. The minimum absolute atomic E-state index is 0.322. The first-order chi connectivity index (χ1) is 13.6. The van der Waals surface area contributed by atoms with Crippen molar-refractivity contribution in [2.45, 2.75) is 6.10 Å². The molecule has 0 bridgehead atoms. The maximum Gasteiger partial charge on any atom is 0.414 e. The first-order valence-electron chi connectivity index (χ1n) is 9.04. The number of cyclic esters (lactones) is 1. The quantitative estimate of drug-likeness (QED) is 0.744. The summed E-state index contributed by atoms with van der Waals surface area (Å²) >= 11 is 7.11. The van der Waals surface area contributed by atoms with Crippen LogP contribution < -0.4 is 15.1 Å². The minimum Gasteiger partial charge on any atom is -0.462 e. The molecule has 4 rings (SSSR count). The van der Waals surface area contributed by atoms with Crippen molar-refractivity contribution in [2.24, 2.45) is 0 Å². The standard InChI is InChI=1S/C19H20FN3O3S2/c20-15-10-13(3-4-16(15)22-5-8-28-9-6-22)23-12-14(26-19(23)24)11-21-18(27)17-2-1-7-25-17/h1-4,7,10,14H,5-6,8-9,11-12H2,(H,21,27). The van der Waals surface area contributed by atoms with Crippen molar-refractivity contribution in [3.8, 4) is 0 Å². The fourth-order valence-corrected chi connectivity index (χ4v) is 4.37. The number of ether oxygens (including phenoxy) is 1. The highest BCUT2D eigenvalue weighted by Crippen LogP contribution is 2.29. The second-order valence-electron chi connectivity index (χ2n) is 6.54. The Bertz CT molecular complexity index is 856. The molecule has 1 atom stereocenters. The summed E-state index contributed by atoms with van der Waals surface area (Å²) < 4.78 is 25.3. The number of carbonyl (C=O) groups is 1. The molecule has 28 heavy (non-hydrogen) atoms. The molecule has 2 saturated heterocycles. The Balaban J connectivity index is 1.38. The first-order valence-corrected chi connectivity index (χ1v) is 10.6. The predicted molar refractivity (Wildman–Crippen MR) is 112 cm³/mol. The molecule has 0 spiro atoms. The number of nitrogens with zero attached hydrogens (tertiary/aromatic N) is 2. The third-order valence-electron chi connectivity index (χ3n) is 4.70. The van der Waals surface area contributed by atoms with Crippen molar-refractivity contribution in [2.75, 3.05) is 47.5 Å². The van der Waals surface area contributed by atoms with Crippen LogP contribution in [-0.2, 0) is 4.74 Å². The van der Waals surface area contributed by atoms with Gasteiger partial charge < -0.3 is 19.4 Å². The van der Waals surface area contributed by atoms with Crippen LogP contribution in [0.4, 0.5) is 20.6 Å². The number of anilines is 2. The van der Waals surface area contributed by atoms with Gasteiger partial charge in [0.15, 0.2) is 5.76 Å². The van der Waals surface area contributed by atoms with Crippen LogP contribution in [0.5, 0.6) is 0 Å². The van der Waals surface area contributed by atoms with Crippen LogP contribution in [-0.4, -0.2) is 54.9 Å². The second kappa shape index (κ2) is 8.40. The fourth-order valence-electron chi connectivity index (χ4n) is 3.26. The minimum atomic E-state index is -0.489. The van der Waals surface area contributed by atoms with Gasteiger partial charge in [0.2, 0.25) is 0 Å². The first kappa shape index (κ1) is 19.1. The van der Waals surface area contributed by atoms with E-state index in [0.717, 1.165) is 24.6 Å². The SMILES string of the molecule is O=C1OC(CNC(=S)c2ccco2)CN1c1ccc(N2CCSCC2)c(F)c1. The largest absolute Gasteiger partial charge is 0.462 e. The molecule has 6 nitrogen and oxygen atoms in total. The van der Waals surface area contributed by atoms with E-state index in [4.69, 9.17) is 21.4 Å². The second-order valence-corrected chi connectivity index (χ2v) is 8.17. The van der Waals surface area contributed by atoms with E-state index in [-0.39, 0.29) is 11.9 Å². The normalized spacial score (nSPS) is 19.6. The topological polar surface area (TPSA) is 58.0 Å². The molecule has 2 aromatic rings. The zero-order chi connectivity index (χ0) is 19.5. The third kappa shape index (κ3) is 4.10. The summed E-state index contributed by atoms with van der Waals surface area (Å²) in [6.07, 6.45) is 0.668. The molecule has 3 heterocycles. The summed E-state index contributed by atoms with van der Waals surface area (Å²) in [6, 6.07) is 8.42. The van der Waals surface area contributed by atoms with Crippen LogP contribution in [0.3, 0.4) is 0 Å². The maximum absolute atomic E-state index is 14.7. The summed E-state index contributed by atoms with van der Waals surface area (Å²) in [5.41, 5.74) is 1.08. The highest BCUT2D eigenvalue weighted by atomic mass is 32.2. The lowest BCUT2D eigenvalue weighted by atomic mass is 10.2. The van der Waals surface area contributed by atoms with E-state index in [1.54, 1.807) is 30.5 Å². The summed E-state index contributed by atoms with van der Waals surface area (Å²) in [5.74, 6) is 2.23. The van der Waals surface area contributed by atoms with Crippen LogP contribution >= 0.6 is 24.0 Å². The Kier molecular flexibility index (Phi) is 5.72. The number of thiocarbonyl (C=S) groups is 1. The van der Waals surface area contributed by atoms with Gasteiger partial charge >= 0.3 is 6.09 Å². The lowest BCUT2D eigenvalue weighted by Crippen LogP contribution is -2.34. The van der Waals surface area contributed by atoms with Gasteiger partial charge in [0.05, 0.1) is 30.7 Å². The third-order valence-corrected chi connectivity index (χ3v) is 5.99.